The average molecular weight is 1050 g/mol. The highest BCUT2D eigenvalue weighted by Crippen LogP contribution is 2.32. The second-order valence-corrected chi connectivity index (χ2v) is 18.9. The van der Waals surface area contributed by atoms with Gasteiger partial charge in [0.1, 0.15) is 17.2 Å². The zero-order chi connectivity index (χ0) is 52.9. The van der Waals surface area contributed by atoms with Crippen LogP contribution in [0.15, 0.2) is 83.0 Å². The zero-order valence-electron chi connectivity index (χ0n) is 38.3. The molecule has 0 saturated heterocycles. The second kappa shape index (κ2) is 25.0. The van der Waals surface area contributed by atoms with Crippen LogP contribution < -0.4 is 21.3 Å². The summed E-state index contributed by atoms with van der Waals surface area (Å²) >= 11 is 3.08. The van der Waals surface area contributed by atoms with Crippen LogP contribution in [0, 0.1) is 5.41 Å². The molecule has 7 N–H and O–H groups in total. The van der Waals surface area contributed by atoms with E-state index in [-0.39, 0.29) is 93.0 Å². The first-order chi connectivity index (χ1) is 34.2. The van der Waals surface area contributed by atoms with Gasteiger partial charge in [-0.25, -0.2) is 0 Å². The fourth-order valence-electron chi connectivity index (χ4n) is 6.08. The van der Waals surface area contributed by atoms with Crippen LogP contribution in [0.4, 0.5) is 5.69 Å². The molecule has 1 unspecified atom stereocenters. The molecule has 0 aliphatic heterocycles. The minimum absolute atomic E-state index is 0.00679. The maximum atomic E-state index is 12.5. The lowest BCUT2D eigenvalue weighted by atomic mass is 9.87. The Morgan fingerprint density at radius 2 is 1.28 bits per heavy atom. The molecule has 72 heavy (non-hydrogen) atoms. The largest absolute Gasteiger partial charge is 0.481 e. The van der Waals surface area contributed by atoms with Gasteiger partial charge < -0.3 is 50.2 Å². The van der Waals surface area contributed by atoms with Gasteiger partial charge in [0.05, 0.1) is 38.8 Å². The number of aromatic nitrogens is 3. The van der Waals surface area contributed by atoms with Gasteiger partial charge in [-0.2, -0.15) is 0 Å². The lowest BCUT2D eigenvalue weighted by molar-refractivity contribution is -0.137. The van der Waals surface area contributed by atoms with Crippen molar-refractivity contribution in [1.82, 2.24) is 31.4 Å². The fraction of sp³-hybridized carbons (Fsp3) is 0.289. The number of anilines is 1. The quantitative estimate of drug-likeness (QED) is 0.0704. The molecule has 0 bridgehead atoms. The number of thioether (sulfide) groups is 3. The zero-order valence-corrected chi connectivity index (χ0v) is 40.8. The summed E-state index contributed by atoms with van der Waals surface area (Å²) in [5, 5.41) is 48.2. The number of Topliss-reactive ketones (excluding diaryl/α,β-unsaturated/α-hetero) is 3. The SMILES string of the molecule is CC(C)(CO)C(O)C(=O)NCCC(=O)NCCSC1=CC(=O)c2oncc2C1=O.CCSC1=CC(=O)c2onc(C(=O)NC)c2C1=O.O=C(O)CSC1=CC(=O)c2onc(C(=O)Nc3ccccc3)c2C1=O. The molecule has 4 aromatic rings. The molecular formula is C45H43N7O17S3. The lowest BCUT2D eigenvalue weighted by Crippen LogP contribution is -2.46. The Hall–Kier alpha value is -7.59. The van der Waals surface area contributed by atoms with Gasteiger partial charge in [0.25, 0.3) is 11.8 Å². The molecule has 0 saturated carbocycles. The molecule has 4 amide bonds. The highest BCUT2D eigenvalue weighted by atomic mass is 32.2. The van der Waals surface area contributed by atoms with E-state index >= 15 is 0 Å². The molecule has 3 heterocycles. The number of hydrogen-bond acceptors (Lipinski definition) is 22. The number of ketones is 6. The number of nitrogens with zero attached hydrogens (tertiary/aromatic N) is 3. The minimum atomic E-state index is -1.39. The topological polar surface area (TPSA) is 375 Å². The molecule has 7 rings (SSSR count). The predicted octanol–water partition coefficient (Wildman–Crippen LogP) is 2.73. The summed E-state index contributed by atoms with van der Waals surface area (Å²) < 4.78 is 14.4. The number of nitrogens with one attached hydrogen (secondary N) is 4. The van der Waals surface area contributed by atoms with E-state index in [9.17, 15) is 57.8 Å². The van der Waals surface area contributed by atoms with Crippen LogP contribution in [-0.4, -0.2) is 145 Å². The van der Waals surface area contributed by atoms with E-state index in [4.69, 9.17) is 23.8 Å². The number of carboxylic acids is 1. The Kier molecular flexibility index (Phi) is 19.2. The Balaban J connectivity index is 0.000000206. The summed E-state index contributed by atoms with van der Waals surface area (Å²) in [6.07, 6.45) is 3.23. The van der Waals surface area contributed by atoms with E-state index in [1.807, 2.05) is 6.92 Å². The average Bonchev–Trinajstić information content (AvgIpc) is 4.15. The molecule has 378 valence electrons. The van der Waals surface area contributed by atoms with Crippen LogP contribution >= 0.6 is 35.3 Å². The van der Waals surface area contributed by atoms with Crippen molar-refractivity contribution in [2.45, 2.75) is 33.3 Å². The maximum Gasteiger partial charge on any atom is 0.313 e. The third-order valence-corrected chi connectivity index (χ3v) is 12.8. The van der Waals surface area contributed by atoms with Crippen molar-refractivity contribution in [3.8, 4) is 0 Å². The Morgan fingerprint density at radius 1 is 0.722 bits per heavy atom. The molecule has 3 aliphatic carbocycles. The number of carbonyl (C=O) groups is 11. The van der Waals surface area contributed by atoms with Crippen LogP contribution in [0.3, 0.4) is 0 Å². The first-order valence-corrected chi connectivity index (χ1v) is 24.1. The van der Waals surface area contributed by atoms with Gasteiger partial charge >= 0.3 is 5.97 Å². The number of aliphatic carboxylic acids is 1. The lowest BCUT2D eigenvalue weighted by Gasteiger charge is -2.27. The van der Waals surface area contributed by atoms with E-state index < -0.39 is 69.9 Å². The smallest absolute Gasteiger partial charge is 0.313 e. The van der Waals surface area contributed by atoms with Crippen molar-refractivity contribution in [1.29, 1.82) is 0 Å². The molecule has 24 nitrogen and oxygen atoms in total. The van der Waals surface area contributed by atoms with Crippen molar-refractivity contribution in [3.63, 3.8) is 0 Å². The molecule has 1 atom stereocenters. The fourth-order valence-corrected chi connectivity index (χ4v) is 8.37. The monoisotopic (exact) mass is 1050 g/mol. The minimum Gasteiger partial charge on any atom is -0.481 e. The number of amides is 4. The Bertz CT molecular complexity index is 2930. The van der Waals surface area contributed by atoms with Crippen molar-refractivity contribution in [2.75, 3.05) is 49.3 Å². The molecular weight excluding hydrogens is 1010 g/mol. The Labute approximate surface area is 419 Å². The summed E-state index contributed by atoms with van der Waals surface area (Å²) in [6.45, 7) is 4.89. The number of carboxylic acid groups (broad SMARTS) is 1. The number of carbonyl (C=O) groups excluding carboxylic acids is 10. The highest BCUT2D eigenvalue weighted by molar-refractivity contribution is 8.04. The molecule has 3 aromatic heterocycles. The van der Waals surface area contributed by atoms with Crippen LogP contribution in [0.1, 0.15) is 111 Å². The van der Waals surface area contributed by atoms with Crippen molar-refractivity contribution in [2.24, 2.45) is 5.41 Å². The van der Waals surface area contributed by atoms with Gasteiger partial charge in [-0.15, -0.1) is 35.3 Å². The number of hydrogen-bond donors (Lipinski definition) is 7. The summed E-state index contributed by atoms with van der Waals surface area (Å²) in [5.74, 6) is -6.22. The van der Waals surface area contributed by atoms with Gasteiger partial charge in [-0.1, -0.05) is 54.4 Å². The van der Waals surface area contributed by atoms with Gasteiger partial charge in [-0.3, -0.25) is 52.7 Å². The molecule has 1 aromatic carbocycles. The standard InChI is InChI=1S/C18H23N3O7S.C16H10N2O6S.C11H10N2O4S/c1-18(2,9-22)16(26)17(27)20-4-3-13(24)19-5-6-29-12-7-11(23)15-10(14(12)25)8-21-28-15;19-9-6-10(25-7-11(20)21)14(22)12-13(18-24-15(9)12)16(23)17-8-4-2-1-3-5-8;1-3-18-6-4-5(14)10-7(9(6)15)8(13-17-10)11(16)12-2/h7-8,16,22,26H,3-6,9H2,1-2H3,(H,19,24)(H,20,27);1-6H,7H2,(H,17,23)(H,20,21);4H,3H2,1-2H3,(H,12,16). The van der Waals surface area contributed by atoms with Gasteiger partial charge in [0, 0.05) is 61.6 Å². The van der Waals surface area contributed by atoms with Gasteiger partial charge in [0.2, 0.25) is 63.8 Å². The number of benzene rings is 1. The number of aliphatic hydroxyl groups is 2. The predicted molar refractivity (Wildman–Crippen MR) is 256 cm³/mol. The van der Waals surface area contributed by atoms with Crippen LogP contribution in [0.5, 0.6) is 0 Å². The van der Waals surface area contributed by atoms with Crippen molar-refractivity contribution in [3.05, 3.63) is 115 Å². The number of allylic oxidation sites excluding steroid dienone is 6. The van der Waals surface area contributed by atoms with E-state index in [0.29, 0.717) is 33.9 Å². The van der Waals surface area contributed by atoms with Crippen molar-refractivity contribution < 1.29 is 81.6 Å². The number of rotatable bonds is 18. The molecule has 27 heteroatoms. The van der Waals surface area contributed by atoms with Gasteiger partial charge in [0.15, 0.2) is 11.4 Å². The maximum absolute atomic E-state index is 12.5. The third kappa shape index (κ3) is 13.4. The molecule has 0 fully saturated rings. The molecule has 0 radical (unpaired) electrons. The normalized spacial score (nSPS) is 14.1. The van der Waals surface area contributed by atoms with E-state index in [0.717, 1.165) is 17.8 Å². The third-order valence-electron chi connectivity index (χ3n) is 9.85. The highest BCUT2D eigenvalue weighted by Gasteiger charge is 2.38. The van der Waals surface area contributed by atoms with Gasteiger partial charge in [-0.05, 0) is 17.9 Å². The molecule has 0 spiro atoms. The van der Waals surface area contributed by atoms with Crippen LogP contribution in [0.2, 0.25) is 0 Å². The first-order valence-electron chi connectivity index (χ1n) is 21.1. The summed E-state index contributed by atoms with van der Waals surface area (Å²) in [5.41, 5.74) is -1.14. The summed E-state index contributed by atoms with van der Waals surface area (Å²) in [4.78, 5) is 131. The van der Waals surface area contributed by atoms with Crippen LogP contribution in [0.25, 0.3) is 0 Å². The second-order valence-electron chi connectivity index (χ2n) is 15.4. The van der Waals surface area contributed by atoms with E-state index in [1.165, 1.54) is 37.2 Å². The number of fused-ring (bicyclic) bond motifs is 3. The van der Waals surface area contributed by atoms with Crippen molar-refractivity contribution >= 4 is 105 Å². The van der Waals surface area contributed by atoms with E-state index in [1.54, 1.807) is 44.2 Å². The van der Waals surface area contributed by atoms with E-state index in [2.05, 4.69) is 36.7 Å². The Morgan fingerprint density at radius 3 is 1.83 bits per heavy atom. The summed E-state index contributed by atoms with van der Waals surface area (Å²) in [6, 6.07) is 8.49. The summed E-state index contributed by atoms with van der Waals surface area (Å²) in [7, 11) is 1.41. The first kappa shape index (κ1) is 55.3. The number of aliphatic hydroxyl groups excluding tert-OH is 2. The number of para-hydroxylation sites is 1. The van der Waals surface area contributed by atoms with Crippen LogP contribution in [-0.2, 0) is 14.4 Å². The molecule has 3 aliphatic rings.